The molecule has 1 aromatic carbocycles. The summed E-state index contributed by atoms with van der Waals surface area (Å²) in [6, 6.07) is 7.45. The molecule has 0 aromatic heterocycles. The standard InChI is InChI=1S/C14H19N3O/c15-8-10-4-6-11(7-5-10)18-14-3-1-2-13(17)12(14)9-16/h1-3,10-11H,4-8,15,17H2. The van der Waals surface area contributed by atoms with Crippen molar-refractivity contribution in [3.8, 4) is 11.8 Å². The SMILES string of the molecule is N#Cc1c(N)cccc1OC1CCC(CN)CC1. The summed E-state index contributed by atoms with van der Waals surface area (Å²) >= 11 is 0. The van der Waals surface area contributed by atoms with Crippen LogP contribution in [0, 0.1) is 17.2 Å². The van der Waals surface area contributed by atoms with Gasteiger partial charge < -0.3 is 16.2 Å². The smallest absolute Gasteiger partial charge is 0.139 e. The molecule has 0 spiro atoms. The predicted octanol–water partition coefficient (Wildman–Crippen LogP) is 2.04. The molecule has 18 heavy (non-hydrogen) atoms. The first-order valence-corrected chi connectivity index (χ1v) is 6.40. The molecule has 0 saturated heterocycles. The highest BCUT2D eigenvalue weighted by molar-refractivity contribution is 5.60. The summed E-state index contributed by atoms with van der Waals surface area (Å²) in [7, 11) is 0. The Morgan fingerprint density at radius 3 is 2.61 bits per heavy atom. The Kier molecular flexibility index (Phi) is 4.06. The van der Waals surface area contributed by atoms with Crippen LogP contribution in [0.3, 0.4) is 0 Å². The minimum Gasteiger partial charge on any atom is -0.489 e. The molecule has 4 N–H and O–H groups in total. The van der Waals surface area contributed by atoms with Gasteiger partial charge in [0.15, 0.2) is 0 Å². The monoisotopic (exact) mass is 245 g/mol. The molecule has 0 aliphatic heterocycles. The van der Waals surface area contributed by atoms with Gasteiger partial charge in [-0.05, 0) is 50.3 Å². The number of nitriles is 1. The van der Waals surface area contributed by atoms with Crippen molar-refractivity contribution in [2.24, 2.45) is 11.7 Å². The van der Waals surface area contributed by atoms with E-state index >= 15 is 0 Å². The molecule has 4 heteroatoms. The van der Waals surface area contributed by atoms with E-state index in [-0.39, 0.29) is 6.10 Å². The van der Waals surface area contributed by atoms with Crippen LogP contribution in [0.5, 0.6) is 5.75 Å². The van der Waals surface area contributed by atoms with E-state index in [1.165, 1.54) is 0 Å². The number of nitrogen functional groups attached to an aromatic ring is 1. The summed E-state index contributed by atoms with van der Waals surface area (Å²) in [5, 5.41) is 9.08. The van der Waals surface area contributed by atoms with Crippen molar-refractivity contribution in [1.82, 2.24) is 0 Å². The van der Waals surface area contributed by atoms with Crippen molar-refractivity contribution in [2.45, 2.75) is 31.8 Å². The van der Waals surface area contributed by atoms with Crippen molar-refractivity contribution in [2.75, 3.05) is 12.3 Å². The lowest BCUT2D eigenvalue weighted by Gasteiger charge is -2.28. The normalized spacial score (nSPS) is 23.3. The molecule has 0 amide bonds. The third-order valence-corrected chi connectivity index (χ3v) is 3.59. The van der Waals surface area contributed by atoms with Crippen LogP contribution in [-0.4, -0.2) is 12.6 Å². The van der Waals surface area contributed by atoms with E-state index in [1.54, 1.807) is 6.07 Å². The zero-order chi connectivity index (χ0) is 13.0. The predicted molar refractivity (Wildman–Crippen MR) is 71.0 cm³/mol. The van der Waals surface area contributed by atoms with Crippen LogP contribution in [0.15, 0.2) is 18.2 Å². The van der Waals surface area contributed by atoms with Gasteiger partial charge in [-0.3, -0.25) is 0 Å². The van der Waals surface area contributed by atoms with Crippen LogP contribution >= 0.6 is 0 Å². The summed E-state index contributed by atoms with van der Waals surface area (Å²) in [6.45, 7) is 0.758. The fraction of sp³-hybridized carbons (Fsp3) is 0.500. The van der Waals surface area contributed by atoms with Crippen molar-refractivity contribution < 1.29 is 4.74 Å². The van der Waals surface area contributed by atoms with Gasteiger partial charge in [-0.1, -0.05) is 6.07 Å². The highest BCUT2D eigenvalue weighted by Crippen LogP contribution is 2.30. The number of ether oxygens (including phenoxy) is 1. The molecule has 0 radical (unpaired) electrons. The van der Waals surface area contributed by atoms with Crippen LogP contribution in [0.1, 0.15) is 31.2 Å². The fourth-order valence-corrected chi connectivity index (χ4v) is 2.43. The molecule has 1 saturated carbocycles. The number of hydrogen-bond donors (Lipinski definition) is 2. The summed E-state index contributed by atoms with van der Waals surface area (Å²) in [6.07, 6.45) is 4.39. The molecule has 0 unspecified atom stereocenters. The van der Waals surface area contributed by atoms with Crippen molar-refractivity contribution in [1.29, 1.82) is 5.26 Å². The maximum absolute atomic E-state index is 9.08. The van der Waals surface area contributed by atoms with Gasteiger partial charge in [0.05, 0.1) is 11.8 Å². The van der Waals surface area contributed by atoms with E-state index in [4.69, 9.17) is 21.5 Å². The van der Waals surface area contributed by atoms with E-state index in [0.717, 1.165) is 32.2 Å². The Bertz CT molecular complexity index is 445. The summed E-state index contributed by atoms with van der Waals surface area (Å²) < 4.78 is 5.91. The van der Waals surface area contributed by atoms with E-state index in [0.29, 0.717) is 22.9 Å². The molecule has 1 aliphatic rings. The topological polar surface area (TPSA) is 85.1 Å². The van der Waals surface area contributed by atoms with E-state index < -0.39 is 0 Å². The molecular formula is C14H19N3O. The lowest BCUT2D eigenvalue weighted by Crippen LogP contribution is -2.27. The lowest BCUT2D eigenvalue weighted by molar-refractivity contribution is 0.133. The Morgan fingerprint density at radius 2 is 2.00 bits per heavy atom. The molecule has 1 fully saturated rings. The van der Waals surface area contributed by atoms with Gasteiger partial charge in [0.1, 0.15) is 17.4 Å². The summed E-state index contributed by atoms with van der Waals surface area (Å²) in [4.78, 5) is 0. The maximum Gasteiger partial charge on any atom is 0.139 e. The molecule has 0 bridgehead atoms. The third-order valence-electron chi connectivity index (χ3n) is 3.59. The molecule has 96 valence electrons. The number of nitrogens with zero attached hydrogens (tertiary/aromatic N) is 1. The highest BCUT2D eigenvalue weighted by Gasteiger charge is 2.22. The summed E-state index contributed by atoms with van der Waals surface area (Å²) in [5.41, 5.74) is 12.3. The minimum atomic E-state index is 0.182. The molecule has 2 rings (SSSR count). The number of anilines is 1. The van der Waals surface area contributed by atoms with Gasteiger partial charge >= 0.3 is 0 Å². The average Bonchev–Trinajstić information content (AvgIpc) is 2.40. The first-order chi connectivity index (χ1) is 8.74. The lowest BCUT2D eigenvalue weighted by atomic mass is 9.87. The van der Waals surface area contributed by atoms with Crippen LogP contribution in [0.4, 0.5) is 5.69 Å². The number of nitrogens with two attached hydrogens (primary N) is 2. The highest BCUT2D eigenvalue weighted by atomic mass is 16.5. The van der Waals surface area contributed by atoms with Gasteiger partial charge in [0.2, 0.25) is 0 Å². The van der Waals surface area contributed by atoms with Crippen molar-refractivity contribution >= 4 is 5.69 Å². The van der Waals surface area contributed by atoms with Crippen LogP contribution < -0.4 is 16.2 Å². The van der Waals surface area contributed by atoms with E-state index in [1.807, 2.05) is 12.1 Å². The third kappa shape index (κ3) is 2.74. The van der Waals surface area contributed by atoms with Crippen LogP contribution in [-0.2, 0) is 0 Å². The summed E-state index contributed by atoms with van der Waals surface area (Å²) in [5.74, 6) is 1.23. The van der Waals surface area contributed by atoms with Crippen LogP contribution in [0.2, 0.25) is 0 Å². The zero-order valence-electron chi connectivity index (χ0n) is 10.4. The van der Waals surface area contributed by atoms with Gasteiger partial charge in [0, 0.05) is 0 Å². The molecule has 1 aliphatic carbocycles. The maximum atomic E-state index is 9.08. The molecule has 1 aromatic rings. The Hall–Kier alpha value is -1.73. The van der Waals surface area contributed by atoms with E-state index in [9.17, 15) is 0 Å². The molecule has 0 heterocycles. The molecular weight excluding hydrogens is 226 g/mol. The number of hydrogen-bond acceptors (Lipinski definition) is 4. The zero-order valence-corrected chi connectivity index (χ0v) is 10.4. The quantitative estimate of drug-likeness (QED) is 0.798. The minimum absolute atomic E-state index is 0.182. The second kappa shape index (κ2) is 5.74. The first kappa shape index (κ1) is 12.7. The molecule has 4 nitrogen and oxygen atoms in total. The molecule has 0 atom stereocenters. The Balaban J connectivity index is 2.03. The average molecular weight is 245 g/mol. The van der Waals surface area contributed by atoms with Crippen molar-refractivity contribution in [3.63, 3.8) is 0 Å². The second-order valence-corrected chi connectivity index (χ2v) is 4.83. The second-order valence-electron chi connectivity index (χ2n) is 4.83. The number of rotatable bonds is 3. The Morgan fingerprint density at radius 1 is 1.28 bits per heavy atom. The first-order valence-electron chi connectivity index (χ1n) is 6.40. The number of benzene rings is 1. The van der Waals surface area contributed by atoms with E-state index in [2.05, 4.69) is 6.07 Å². The van der Waals surface area contributed by atoms with Crippen molar-refractivity contribution in [3.05, 3.63) is 23.8 Å². The van der Waals surface area contributed by atoms with Gasteiger partial charge in [-0.15, -0.1) is 0 Å². The van der Waals surface area contributed by atoms with Crippen LogP contribution in [0.25, 0.3) is 0 Å². The van der Waals surface area contributed by atoms with Gasteiger partial charge in [0.25, 0.3) is 0 Å². The largest absolute Gasteiger partial charge is 0.489 e. The van der Waals surface area contributed by atoms with Gasteiger partial charge in [-0.2, -0.15) is 5.26 Å². The van der Waals surface area contributed by atoms with Gasteiger partial charge in [-0.25, -0.2) is 0 Å². The fourth-order valence-electron chi connectivity index (χ4n) is 2.43. The Labute approximate surface area is 108 Å².